The monoisotopic (exact) mass is 300 g/mol. The molecule has 0 heterocycles. The molecule has 0 saturated heterocycles. The molecule has 0 aliphatic heterocycles. The van der Waals surface area contributed by atoms with Gasteiger partial charge in [0.2, 0.25) is 0 Å². The highest BCUT2D eigenvalue weighted by Gasteiger charge is 2.56. The molecule has 2 saturated carbocycles. The van der Waals surface area contributed by atoms with Crippen LogP contribution in [0.5, 0.6) is 5.75 Å². The third kappa shape index (κ3) is 1.89. The lowest BCUT2D eigenvalue weighted by Crippen LogP contribution is -2.47. The van der Waals surface area contributed by atoms with Crippen LogP contribution in [0.15, 0.2) is 18.2 Å². The highest BCUT2D eigenvalue weighted by atomic mass is 16.3. The maximum Gasteiger partial charge on any atom is 0.115 e. The van der Waals surface area contributed by atoms with Gasteiger partial charge >= 0.3 is 0 Å². The van der Waals surface area contributed by atoms with Crippen LogP contribution >= 0.6 is 0 Å². The van der Waals surface area contributed by atoms with E-state index in [0.717, 1.165) is 25.2 Å². The van der Waals surface area contributed by atoms with Crippen molar-refractivity contribution in [1.29, 1.82) is 0 Å². The summed E-state index contributed by atoms with van der Waals surface area (Å²) in [6.45, 7) is 4.65. The third-order valence-corrected chi connectivity index (χ3v) is 7.36. The Labute approximate surface area is 133 Å². The maximum absolute atomic E-state index is 10.5. The van der Waals surface area contributed by atoms with Gasteiger partial charge in [-0.2, -0.15) is 0 Å². The Balaban J connectivity index is 1.77. The number of phenolic OH excluding ortho intramolecular Hbond substituents is 1. The van der Waals surface area contributed by atoms with Crippen LogP contribution in [0.1, 0.15) is 63.0 Å². The summed E-state index contributed by atoms with van der Waals surface area (Å²) in [5.41, 5.74) is 2.99. The minimum absolute atomic E-state index is 0.0998. The summed E-state index contributed by atoms with van der Waals surface area (Å²) in [7, 11) is 0. The average Bonchev–Trinajstić information content (AvgIpc) is 2.81. The summed E-state index contributed by atoms with van der Waals surface area (Å²) in [5.74, 6) is 3.14. The SMILES string of the molecule is CCC1Cc2cc(O)ccc2C2CC[C@]3(C)[C@@H](O)CC[C@H]3[C@H]12. The van der Waals surface area contributed by atoms with Crippen molar-refractivity contribution < 1.29 is 10.2 Å². The van der Waals surface area contributed by atoms with E-state index >= 15 is 0 Å². The standard InChI is InChI=1S/C20H28O2/c1-3-12-10-13-11-14(21)4-5-15(13)16-8-9-20(2)17(19(12)16)6-7-18(20)22/h4-5,11-12,16-19,21-22H,3,6-10H2,1-2H3/t12?,16?,17-,18-,19+,20-/m0/s1. The lowest BCUT2D eigenvalue weighted by atomic mass is 9.52. The van der Waals surface area contributed by atoms with Gasteiger partial charge in [-0.25, -0.2) is 0 Å². The third-order valence-electron chi connectivity index (χ3n) is 7.36. The van der Waals surface area contributed by atoms with Gasteiger partial charge in [-0.05, 0) is 84.5 Å². The largest absolute Gasteiger partial charge is 0.508 e. The van der Waals surface area contributed by atoms with Gasteiger partial charge in [0.15, 0.2) is 0 Å². The maximum atomic E-state index is 10.5. The first-order chi connectivity index (χ1) is 10.5. The molecule has 3 aliphatic carbocycles. The summed E-state index contributed by atoms with van der Waals surface area (Å²) in [5, 5.41) is 20.4. The van der Waals surface area contributed by atoms with Gasteiger partial charge in [-0.3, -0.25) is 0 Å². The van der Waals surface area contributed by atoms with E-state index < -0.39 is 0 Å². The first kappa shape index (κ1) is 14.6. The zero-order valence-corrected chi connectivity index (χ0v) is 13.8. The summed E-state index contributed by atoms with van der Waals surface area (Å²) < 4.78 is 0. The molecule has 0 bridgehead atoms. The molecule has 120 valence electrons. The summed E-state index contributed by atoms with van der Waals surface area (Å²) in [6.07, 6.45) is 6.74. The highest BCUT2D eigenvalue weighted by molar-refractivity contribution is 5.40. The molecular weight excluding hydrogens is 272 g/mol. The summed E-state index contributed by atoms with van der Waals surface area (Å²) >= 11 is 0. The fraction of sp³-hybridized carbons (Fsp3) is 0.700. The van der Waals surface area contributed by atoms with Crippen LogP contribution in [0.2, 0.25) is 0 Å². The zero-order chi connectivity index (χ0) is 15.5. The zero-order valence-electron chi connectivity index (χ0n) is 13.8. The Morgan fingerprint density at radius 3 is 2.82 bits per heavy atom. The van der Waals surface area contributed by atoms with Crippen LogP contribution < -0.4 is 0 Å². The Morgan fingerprint density at radius 2 is 2.05 bits per heavy atom. The number of rotatable bonds is 1. The van der Waals surface area contributed by atoms with E-state index in [4.69, 9.17) is 0 Å². The van der Waals surface area contributed by atoms with E-state index in [9.17, 15) is 10.2 Å². The number of phenols is 1. The van der Waals surface area contributed by atoms with Crippen molar-refractivity contribution in [2.75, 3.05) is 0 Å². The molecule has 2 nitrogen and oxygen atoms in total. The Bertz CT molecular complexity index is 581. The smallest absolute Gasteiger partial charge is 0.115 e. The molecule has 2 unspecified atom stereocenters. The molecule has 0 spiro atoms. The van der Waals surface area contributed by atoms with Crippen molar-refractivity contribution in [3.8, 4) is 5.75 Å². The molecule has 0 radical (unpaired) electrons. The second-order valence-electron chi connectivity index (χ2n) is 8.18. The minimum atomic E-state index is -0.0998. The van der Waals surface area contributed by atoms with Gasteiger partial charge in [-0.1, -0.05) is 26.3 Å². The van der Waals surface area contributed by atoms with Gasteiger partial charge in [0.05, 0.1) is 6.10 Å². The van der Waals surface area contributed by atoms with E-state index in [2.05, 4.69) is 19.9 Å². The number of benzene rings is 1. The molecule has 1 aromatic carbocycles. The molecule has 22 heavy (non-hydrogen) atoms. The predicted octanol–water partition coefficient (Wildman–Crippen LogP) is 4.25. The van der Waals surface area contributed by atoms with E-state index in [0.29, 0.717) is 23.5 Å². The van der Waals surface area contributed by atoms with Gasteiger partial charge in [0.25, 0.3) is 0 Å². The molecule has 3 aliphatic rings. The number of hydrogen-bond donors (Lipinski definition) is 2. The van der Waals surface area contributed by atoms with Crippen LogP contribution in [-0.2, 0) is 6.42 Å². The first-order valence-electron chi connectivity index (χ1n) is 9.04. The van der Waals surface area contributed by atoms with Gasteiger partial charge in [-0.15, -0.1) is 0 Å². The van der Waals surface area contributed by atoms with Crippen LogP contribution in [-0.4, -0.2) is 16.3 Å². The van der Waals surface area contributed by atoms with Crippen molar-refractivity contribution >= 4 is 0 Å². The second kappa shape index (κ2) is 4.99. The molecule has 0 amide bonds. The molecule has 0 aromatic heterocycles. The average molecular weight is 300 g/mol. The summed E-state index contributed by atoms with van der Waals surface area (Å²) in [4.78, 5) is 0. The van der Waals surface area contributed by atoms with Crippen molar-refractivity contribution in [3.05, 3.63) is 29.3 Å². The molecule has 2 heteroatoms. The Morgan fingerprint density at radius 1 is 1.23 bits per heavy atom. The summed E-state index contributed by atoms with van der Waals surface area (Å²) in [6, 6.07) is 6.02. The van der Waals surface area contributed by atoms with E-state index in [1.54, 1.807) is 0 Å². The number of hydrogen-bond acceptors (Lipinski definition) is 2. The molecule has 6 atom stereocenters. The van der Waals surface area contributed by atoms with Crippen LogP contribution in [0.4, 0.5) is 0 Å². The van der Waals surface area contributed by atoms with Crippen LogP contribution in [0.25, 0.3) is 0 Å². The first-order valence-corrected chi connectivity index (χ1v) is 9.04. The molecule has 1 aromatic rings. The molecular formula is C20H28O2. The fourth-order valence-corrected chi connectivity index (χ4v) is 6.15. The van der Waals surface area contributed by atoms with Crippen LogP contribution in [0.3, 0.4) is 0 Å². The predicted molar refractivity (Wildman–Crippen MR) is 87.9 cm³/mol. The highest BCUT2D eigenvalue weighted by Crippen LogP contribution is 2.62. The van der Waals surface area contributed by atoms with E-state index in [1.165, 1.54) is 30.4 Å². The Hall–Kier alpha value is -1.02. The van der Waals surface area contributed by atoms with Crippen molar-refractivity contribution in [3.63, 3.8) is 0 Å². The topological polar surface area (TPSA) is 40.5 Å². The number of aliphatic hydroxyl groups is 1. The lowest BCUT2D eigenvalue weighted by molar-refractivity contribution is -0.0386. The van der Waals surface area contributed by atoms with E-state index in [-0.39, 0.29) is 11.5 Å². The quantitative estimate of drug-likeness (QED) is 0.814. The molecule has 4 rings (SSSR count). The van der Waals surface area contributed by atoms with Crippen molar-refractivity contribution in [2.24, 2.45) is 23.2 Å². The number of fused-ring (bicyclic) bond motifs is 5. The Kier molecular flexibility index (Phi) is 3.30. The van der Waals surface area contributed by atoms with Gasteiger partial charge < -0.3 is 10.2 Å². The lowest BCUT2D eigenvalue weighted by Gasteiger charge is -2.53. The van der Waals surface area contributed by atoms with Crippen molar-refractivity contribution in [2.45, 2.75) is 64.4 Å². The van der Waals surface area contributed by atoms with Crippen LogP contribution in [0, 0.1) is 23.2 Å². The molecule has 2 N–H and O–H groups in total. The number of aliphatic hydroxyl groups excluding tert-OH is 1. The normalized spacial score (nSPS) is 43.3. The van der Waals surface area contributed by atoms with E-state index in [1.807, 2.05) is 12.1 Å². The second-order valence-corrected chi connectivity index (χ2v) is 8.18. The minimum Gasteiger partial charge on any atom is -0.508 e. The fourth-order valence-electron chi connectivity index (χ4n) is 6.15. The molecule has 2 fully saturated rings. The van der Waals surface area contributed by atoms with Gasteiger partial charge in [0.1, 0.15) is 5.75 Å². The number of aromatic hydroxyl groups is 1. The van der Waals surface area contributed by atoms with Crippen molar-refractivity contribution in [1.82, 2.24) is 0 Å². The van der Waals surface area contributed by atoms with Gasteiger partial charge in [0, 0.05) is 0 Å².